The second kappa shape index (κ2) is 61.1. The molecule has 1 unspecified atom stereocenters. The molecule has 0 N–H and O–H groups in total. The number of rotatable bonds is 53. The molecular weight excluding hydrogens is 913 g/mol. The lowest BCUT2D eigenvalue weighted by atomic mass is 10.1. The second-order valence-corrected chi connectivity index (χ2v) is 19.5. The first kappa shape index (κ1) is 69.5. The van der Waals surface area contributed by atoms with E-state index in [1.807, 2.05) is 0 Å². The monoisotopic (exact) mass is 1020 g/mol. The van der Waals surface area contributed by atoms with Crippen LogP contribution in [-0.2, 0) is 28.6 Å². The highest BCUT2D eigenvalue weighted by Gasteiger charge is 2.19. The molecule has 0 aliphatic carbocycles. The van der Waals surface area contributed by atoms with Gasteiger partial charge in [0.2, 0.25) is 0 Å². The summed E-state index contributed by atoms with van der Waals surface area (Å²) in [5, 5.41) is 0. The first-order chi connectivity index (χ1) is 36.5. The molecule has 74 heavy (non-hydrogen) atoms. The normalized spacial score (nSPS) is 13.1. The Kier molecular flexibility index (Phi) is 57.4. The van der Waals surface area contributed by atoms with Crippen molar-refractivity contribution in [1.29, 1.82) is 0 Å². The Balaban J connectivity index is 4.48. The van der Waals surface area contributed by atoms with Crippen LogP contribution < -0.4 is 0 Å². The minimum absolute atomic E-state index is 0.101. The van der Waals surface area contributed by atoms with Crippen LogP contribution in [0.25, 0.3) is 0 Å². The van der Waals surface area contributed by atoms with E-state index in [2.05, 4.69) is 154 Å². The minimum Gasteiger partial charge on any atom is -0.462 e. The second-order valence-electron chi connectivity index (χ2n) is 19.5. The third-order valence-electron chi connectivity index (χ3n) is 12.4. The van der Waals surface area contributed by atoms with Crippen LogP contribution in [0, 0.1) is 0 Å². The van der Waals surface area contributed by atoms with E-state index in [4.69, 9.17) is 14.2 Å². The summed E-state index contributed by atoms with van der Waals surface area (Å²) >= 11 is 0. The lowest BCUT2D eigenvalue weighted by molar-refractivity contribution is -0.167. The molecule has 418 valence electrons. The van der Waals surface area contributed by atoms with Crippen LogP contribution in [0.5, 0.6) is 0 Å². The number of allylic oxidation sites excluding steroid dienone is 22. The maximum atomic E-state index is 12.9. The van der Waals surface area contributed by atoms with Crippen LogP contribution in [0.1, 0.15) is 258 Å². The summed E-state index contributed by atoms with van der Waals surface area (Å²) in [4.78, 5) is 38.3. The summed E-state index contributed by atoms with van der Waals surface area (Å²) in [7, 11) is 0. The number of carbonyl (C=O) groups excluding carboxylic acids is 3. The van der Waals surface area contributed by atoms with Crippen molar-refractivity contribution in [2.75, 3.05) is 13.2 Å². The zero-order chi connectivity index (χ0) is 53.6. The Morgan fingerprint density at radius 1 is 0.284 bits per heavy atom. The fourth-order valence-corrected chi connectivity index (χ4v) is 7.90. The molecule has 0 rings (SSSR count). The highest BCUT2D eigenvalue weighted by molar-refractivity contribution is 5.71. The van der Waals surface area contributed by atoms with Gasteiger partial charge in [0, 0.05) is 19.3 Å². The van der Waals surface area contributed by atoms with Gasteiger partial charge in [0.25, 0.3) is 0 Å². The predicted molar refractivity (Wildman–Crippen MR) is 320 cm³/mol. The summed E-state index contributed by atoms with van der Waals surface area (Å²) in [6.07, 6.45) is 85.8. The molecule has 0 aromatic rings. The van der Waals surface area contributed by atoms with Gasteiger partial charge in [-0.1, -0.05) is 238 Å². The molecule has 0 aliphatic rings. The minimum atomic E-state index is -0.806. The molecule has 0 heterocycles. The van der Waals surface area contributed by atoms with Crippen molar-refractivity contribution in [2.45, 2.75) is 264 Å². The highest BCUT2D eigenvalue weighted by atomic mass is 16.6. The summed E-state index contributed by atoms with van der Waals surface area (Å²) in [6.45, 7) is 6.36. The van der Waals surface area contributed by atoms with Crippen molar-refractivity contribution in [2.24, 2.45) is 0 Å². The average molecular weight is 1020 g/mol. The van der Waals surface area contributed by atoms with E-state index in [9.17, 15) is 14.4 Å². The SMILES string of the molecule is CC/C=C\C/C=C\C/C=C\C/C=C\C/C=C\C/C=C\CCCCCCC(=O)OCC(COC(=O)CCCCCCC/C=C\CCCCCCC)OC(=O)CCCCCCCC/C=C\C/C=C\C/C=C\C/C=C\CC. The van der Waals surface area contributed by atoms with Crippen molar-refractivity contribution in [3.63, 3.8) is 0 Å². The average Bonchev–Trinajstić information content (AvgIpc) is 3.40. The van der Waals surface area contributed by atoms with E-state index in [1.165, 1.54) is 57.8 Å². The molecule has 0 amide bonds. The van der Waals surface area contributed by atoms with Gasteiger partial charge in [-0.3, -0.25) is 14.4 Å². The number of hydrogen-bond donors (Lipinski definition) is 0. The van der Waals surface area contributed by atoms with Crippen molar-refractivity contribution < 1.29 is 28.6 Å². The molecule has 0 spiro atoms. The van der Waals surface area contributed by atoms with Crippen molar-refractivity contribution in [3.8, 4) is 0 Å². The van der Waals surface area contributed by atoms with Crippen LogP contribution in [-0.4, -0.2) is 37.2 Å². The third-order valence-corrected chi connectivity index (χ3v) is 12.4. The lowest BCUT2D eigenvalue weighted by Gasteiger charge is -2.18. The van der Waals surface area contributed by atoms with Crippen LogP contribution in [0.3, 0.4) is 0 Å². The molecule has 0 radical (unpaired) electrons. The van der Waals surface area contributed by atoms with Crippen LogP contribution >= 0.6 is 0 Å². The topological polar surface area (TPSA) is 78.9 Å². The van der Waals surface area contributed by atoms with E-state index >= 15 is 0 Å². The molecule has 6 heteroatoms. The predicted octanol–water partition coefficient (Wildman–Crippen LogP) is 20.6. The molecule has 0 bridgehead atoms. The Morgan fingerprint density at radius 3 is 0.838 bits per heavy atom. The molecule has 0 fully saturated rings. The molecule has 0 aromatic heterocycles. The maximum absolute atomic E-state index is 12.9. The number of esters is 3. The van der Waals surface area contributed by atoms with Crippen LogP contribution in [0.15, 0.2) is 134 Å². The zero-order valence-corrected chi connectivity index (χ0v) is 47.8. The van der Waals surface area contributed by atoms with Gasteiger partial charge >= 0.3 is 17.9 Å². The Bertz CT molecular complexity index is 1600. The lowest BCUT2D eigenvalue weighted by Crippen LogP contribution is -2.30. The van der Waals surface area contributed by atoms with Gasteiger partial charge in [0.05, 0.1) is 0 Å². The number of unbranched alkanes of at least 4 members (excludes halogenated alkanes) is 20. The molecule has 1 atom stereocenters. The summed E-state index contributed by atoms with van der Waals surface area (Å²) in [5.74, 6) is -0.949. The van der Waals surface area contributed by atoms with E-state index in [-0.39, 0.29) is 31.1 Å². The van der Waals surface area contributed by atoms with Gasteiger partial charge in [-0.15, -0.1) is 0 Å². The molecule has 0 aliphatic heterocycles. The Hall–Kier alpha value is -4.45. The zero-order valence-electron chi connectivity index (χ0n) is 47.8. The van der Waals surface area contributed by atoms with Gasteiger partial charge in [-0.2, -0.15) is 0 Å². The fraction of sp³-hybridized carbons (Fsp3) is 0.632. The fourth-order valence-electron chi connectivity index (χ4n) is 7.90. The Labute approximate surface area is 455 Å². The highest BCUT2D eigenvalue weighted by Crippen LogP contribution is 2.14. The smallest absolute Gasteiger partial charge is 0.306 e. The quantitative estimate of drug-likeness (QED) is 0.0261. The molecule has 6 nitrogen and oxygen atoms in total. The van der Waals surface area contributed by atoms with Gasteiger partial charge in [-0.25, -0.2) is 0 Å². The largest absolute Gasteiger partial charge is 0.462 e. The maximum Gasteiger partial charge on any atom is 0.306 e. The van der Waals surface area contributed by atoms with E-state index in [0.717, 1.165) is 161 Å². The third kappa shape index (κ3) is 58.4. The van der Waals surface area contributed by atoms with Gasteiger partial charge in [0.1, 0.15) is 13.2 Å². The summed E-state index contributed by atoms with van der Waals surface area (Å²) < 4.78 is 16.9. The first-order valence-corrected chi connectivity index (χ1v) is 30.2. The van der Waals surface area contributed by atoms with Crippen LogP contribution in [0.2, 0.25) is 0 Å². The standard InChI is InChI=1S/C68H110O6/c1-4-7-10-13-16-19-22-25-28-30-32-33-34-35-37-38-40-43-46-49-52-55-58-61-67(70)73-64-65(63-72-66(69)60-57-54-51-48-45-42-27-24-21-18-15-12-9-6-3)74-68(71)62-59-56-53-50-47-44-41-39-36-31-29-26-23-20-17-14-11-8-5-2/h7-8,10-11,16-17,19-20,24-29,32-33,35-37,39-40,43,65H,4-6,9,12-15,18,21-23,30-31,34,38,41-42,44-64H2,1-3H3/b10-7-,11-8-,19-16-,20-17-,27-24-,28-25-,29-26-,33-32-,37-35-,39-36-,43-40-. The molecule has 0 saturated carbocycles. The number of ether oxygens (including phenoxy) is 3. The van der Waals surface area contributed by atoms with Gasteiger partial charge in [-0.05, 0) is 135 Å². The van der Waals surface area contributed by atoms with Crippen molar-refractivity contribution in [1.82, 2.24) is 0 Å². The van der Waals surface area contributed by atoms with E-state index in [1.54, 1.807) is 0 Å². The molecule has 0 saturated heterocycles. The molecular formula is C68H110O6. The first-order valence-electron chi connectivity index (χ1n) is 30.2. The molecule has 0 aromatic carbocycles. The number of hydrogen-bond acceptors (Lipinski definition) is 6. The summed E-state index contributed by atoms with van der Waals surface area (Å²) in [5.41, 5.74) is 0. The van der Waals surface area contributed by atoms with Gasteiger partial charge in [0.15, 0.2) is 6.10 Å². The number of carbonyl (C=O) groups is 3. The van der Waals surface area contributed by atoms with Crippen LogP contribution in [0.4, 0.5) is 0 Å². The van der Waals surface area contributed by atoms with Gasteiger partial charge < -0.3 is 14.2 Å². The summed E-state index contributed by atoms with van der Waals surface area (Å²) in [6, 6.07) is 0. The van der Waals surface area contributed by atoms with E-state index in [0.29, 0.717) is 19.3 Å². The van der Waals surface area contributed by atoms with Crippen molar-refractivity contribution in [3.05, 3.63) is 134 Å². The Morgan fingerprint density at radius 2 is 0.527 bits per heavy atom. The van der Waals surface area contributed by atoms with Crippen molar-refractivity contribution >= 4 is 17.9 Å². The van der Waals surface area contributed by atoms with E-state index < -0.39 is 6.10 Å².